The van der Waals surface area contributed by atoms with Crippen LogP contribution in [0.4, 0.5) is 10.3 Å². The molecule has 242 valence electrons. The Morgan fingerprint density at radius 3 is 2.42 bits per heavy atom. The van der Waals surface area contributed by atoms with Crippen LogP contribution >= 0.6 is 0 Å². The third-order valence-electron chi connectivity index (χ3n) is 8.18. The van der Waals surface area contributed by atoms with Gasteiger partial charge in [0, 0.05) is 6.42 Å². The SMILES string of the molecule is CCCCCCCCCCCCC(OC(=O)[C@@H](N)[C@@H](C)CC)C(=O)OC[C@H]1O[C@@H](n2cnc3c(=O)[nH]c(N)nc32)C[C@@H]1F. The lowest BCUT2D eigenvalue weighted by Gasteiger charge is -2.22. The van der Waals surface area contributed by atoms with Crippen molar-refractivity contribution >= 4 is 29.1 Å². The molecular weight excluding hydrogens is 559 g/mol. The van der Waals surface area contributed by atoms with Crippen LogP contribution in [-0.4, -0.2) is 62.5 Å². The second kappa shape index (κ2) is 17.3. The topological polar surface area (TPSA) is 177 Å². The first-order chi connectivity index (χ1) is 20.7. The van der Waals surface area contributed by atoms with Crippen LogP contribution in [0.5, 0.6) is 0 Å². The number of imidazole rings is 1. The maximum absolute atomic E-state index is 15.0. The summed E-state index contributed by atoms with van der Waals surface area (Å²) in [5, 5.41) is 0. The largest absolute Gasteiger partial charge is 0.460 e. The molecule has 0 bridgehead atoms. The second-order valence-corrected chi connectivity index (χ2v) is 11.6. The van der Waals surface area contributed by atoms with Gasteiger partial charge in [0.2, 0.25) is 5.95 Å². The van der Waals surface area contributed by atoms with E-state index in [-0.39, 0.29) is 36.1 Å². The van der Waals surface area contributed by atoms with Crippen molar-refractivity contribution in [2.45, 2.75) is 135 Å². The number of halogens is 1. The lowest BCUT2D eigenvalue weighted by atomic mass is 10.0. The Morgan fingerprint density at radius 1 is 1.12 bits per heavy atom. The fraction of sp³-hybridized carbons (Fsp3) is 0.767. The standard InChI is InChI=1S/C30H49FN6O6/c1-4-6-7-8-9-10-11-12-13-14-15-21(43-29(40)24(32)19(3)5-2)28(39)41-17-22-20(31)16-23(42-22)37-18-34-25-26(37)35-30(33)36-27(25)38/h18-24H,4-17,32H2,1-3H3,(H3,33,35,36,38)/t19-,20-,21?,22+,23+,24-/m0/s1. The van der Waals surface area contributed by atoms with Gasteiger partial charge in [-0.05, 0) is 18.8 Å². The summed E-state index contributed by atoms with van der Waals surface area (Å²) < 4.78 is 33.2. The summed E-state index contributed by atoms with van der Waals surface area (Å²) in [6, 6.07) is -0.859. The van der Waals surface area contributed by atoms with Gasteiger partial charge in [0.05, 0.1) is 6.33 Å². The number of nitrogens with one attached hydrogen (secondary N) is 1. The van der Waals surface area contributed by atoms with Crippen molar-refractivity contribution in [3.63, 3.8) is 0 Å². The van der Waals surface area contributed by atoms with Gasteiger partial charge in [0.25, 0.3) is 5.56 Å². The van der Waals surface area contributed by atoms with Gasteiger partial charge in [-0.15, -0.1) is 0 Å². The number of carbonyl (C=O) groups is 2. The zero-order valence-corrected chi connectivity index (χ0v) is 25.8. The van der Waals surface area contributed by atoms with E-state index in [0.29, 0.717) is 19.3 Å². The van der Waals surface area contributed by atoms with Crippen molar-refractivity contribution in [3.8, 4) is 0 Å². The molecule has 0 spiro atoms. The predicted molar refractivity (Wildman–Crippen MR) is 161 cm³/mol. The van der Waals surface area contributed by atoms with Gasteiger partial charge in [-0.25, -0.2) is 14.2 Å². The molecule has 0 aromatic carbocycles. The van der Waals surface area contributed by atoms with E-state index >= 15 is 0 Å². The summed E-state index contributed by atoms with van der Waals surface area (Å²) in [6.07, 6.45) is 8.99. The molecule has 43 heavy (non-hydrogen) atoms. The predicted octanol–water partition coefficient (Wildman–Crippen LogP) is 4.47. The van der Waals surface area contributed by atoms with Crippen molar-refractivity contribution in [2.24, 2.45) is 11.7 Å². The van der Waals surface area contributed by atoms with Crippen molar-refractivity contribution in [1.29, 1.82) is 0 Å². The summed E-state index contributed by atoms with van der Waals surface area (Å²) in [7, 11) is 0. The number of alkyl halides is 1. The number of ether oxygens (including phenoxy) is 3. The van der Waals surface area contributed by atoms with E-state index in [1.54, 1.807) is 0 Å². The molecule has 2 aromatic heterocycles. The Bertz CT molecular complexity index is 1220. The van der Waals surface area contributed by atoms with Gasteiger partial charge in [-0.1, -0.05) is 85.0 Å². The van der Waals surface area contributed by atoms with Crippen LogP contribution in [0.2, 0.25) is 0 Å². The van der Waals surface area contributed by atoms with Crippen LogP contribution in [0.3, 0.4) is 0 Å². The van der Waals surface area contributed by atoms with E-state index in [9.17, 15) is 18.8 Å². The second-order valence-electron chi connectivity index (χ2n) is 11.6. The maximum atomic E-state index is 15.0. The third-order valence-corrected chi connectivity index (χ3v) is 8.18. The number of unbranched alkanes of at least 4 members (excludes halogenated alkanes) is 9. The molecule has 0 aliphatic carbocycles. The molecule has 1 unspecified atom stereocenters. The molecule has 5 N–H and O–H groups in total. The fourth-order valence-corrected chi connectivity index (χ4v) is 5.17. The van der Waals surface area contributed by atoms with E-state index < -0.39 is 48.1 Å². The number of nitrogens with zero attached hydrogens (tertiary/aromatic N) is 3. The molecule has 2 aromatic rings. The van der Waals surface area contributed by atoms with Crippen LogP contribution in [0.25, 0.3) is 11.2 Å². The molecule has 3 rings (SSSR count). The third kappa shape index (κ3) is 9.99. The number of rotatable bonds is 19. The van der Waals surface area contributed by atoms with E-state index in [4.69, 9.17) is 25.7 Å². The van der Waals surface area contributed by atoms with Crippen molar-refractivity contribution in [3.05, 3.63) is 16.7 Å². The lowest BCUT2D eigenvalue weighted by Crippen LogP contribution is -2.42. The lowest BCUT2D eigenvalue weighted by molar-refractivity contribution is -0.173. The maximum Gasteiger partial charge on any atom is 0.347 e. The van der Waals surface area contributed by atoms with E-state index in [1.807, 2.05) is 13.8 Å². The molecule has 12 nitrogen and oxygen atoms in total. The molecular formula is C30H49FN6O6. The smallest absolute Gasteiger partial charge is 0.347 e. The van der Waals surface area contributed by atoms with Gasteiger partial charge < -0.3 is 25.7 Å². The van der Waals surface area contributed by atoms with Crippen LogP contribution in [-0.2, 0) is 23.8 Å². The normalized spacial score (nSPS) is 20.6. The minimum absolute atomic E-state index is 0.0512. The summed E-state index contributed by atoms with van der Waals surface area (Å²) in [5.41, 5.74) is 11.4. The Labute approximate surface area is 252 Å². The van der Waals surface area contributed by atoms with Crippen molar-refractivity contribution in [1.82, 2.24) is 19.5 Å². The average Bonchev–Trinajstić information content (AvgIpc) is 3.58. The number of nitrogen functional groups attached to an aromatic ring is 1. The minimum atomic E-state index is -1.46. The first-order valence-electron chi connectivity index (χ1n) is 15.8. The number of aromatic nitrogens is 4. The van der Waals surface area contributed by atoms with Crippen LogP contribution in [0.15, 0.2) is 11.1 Å². The highest BCUT2D eigenvalue weighted by Gasteiger charge is 2.39. The van der Waals surface area contributed by atoms with Crippen LogP contribution in [0.1, 0.15) is 110 Å². The summed E-state index contributed by atoms with van der Waals surface area (Å²) >= 11 is 0. The molecule has 0 radical (unpaired) electrons. The highest BCUT2D eigenvalue weighted by Crippen LogP contribution is 2.32. The molecule has 1 aliphatic rings. The number of fused-ring (bicyclic) bond motifs is 1. The highest BCUT2D eigenvalue weighted by atomic mass is 19.1. The number of hydrogen-bond donors (Lipinski definition) is 3. The Hall–Kier alpha value is -3.06. The van der Waals surface area contributed by atoms with Crippen molar-refractivity contribution < 1.29 is 28.2 Å². The van der Waals surface area contributed by atoms with Gasteiger partial charge in [0.15, 0.2) is 17.3 Å². The van der Waals surface area contributed by atoms with Gasteiger partial charge >= 0.3 is 11.9 Å². The number of esters is 2. The monoisotopic (exact) mass is 608 g/mol. The first kappa shape index (κ1) is 34.4. The fourth-order valence-electron chi connectivity index (χ4n) is 5.17. The van der Waals surface area contributed by atoms with Gasteiger partial charge in [0.1, 0.15) is 31.2 Å². The molecule has 0 saturated carbocycles. The molecule has 1 aliphatic heterocycles. The summed E-state index contributed by atoms with van der Waals surface area (Å²) in [5.74, 6) is -1.63. The highest BCUT2D eigenvalue weighted by molar-refractivity contribution is 5.82. The quantitative estimate of drug-likeness (QED) is 0.152. The van der Waals surface area contributed by atoms with Gasteiger partial charge in [-0.2, -0.15) is 4.98 Å². The number of anilines is 1. The van der Waals surface area contributed by atoms with E-state index in [1.165, 1.54) is 49.4 Å². The molecule has 6 atom stereocenters. The van der Waals surface area contributed by atoms with Crippen LogP contribution in [0, 0.1) is 5.92 Å². The molecule has 13 heteroatoms. The minimum Gasteiger partial charge on any atom is -0.460 e. The average molecular weight is 609 g/mol. The zero-order valence-electron chi connectivity index (χ0n) is 25.8. The van der Waals surface area contributed by atoms with Crippen molar-refractivity contribution in [2.75, 3.05) is 12.3 Å². The Balaban J connectivity index is 1.53. The summed E-state index contributed by atoms with van der Waals surface area (Å²) in [4.78, 5) is 48.3. The number of hydrogen-bond acceptors (Lipinski definition) is 10. The zero-order chi connectivity index (χ0) is 31.4. The molecule has 3 heterocycles. The van der Waals surface area contributed by atoms with E-state index in [0.717, 1.165) is 19.3 Å². The van der Waals surface area contributed by atoms with Gasteiger partial charge in [-0.3, -0.25) is 19.1 Å². The van der Waals surface area contributed by atoms with Crippen LogP contribution < -0.4 is 17.0 Å². The Morgan fingerprint density at radius 2 is 1.77 bits per heavy atom. The van der Waals surface area contributed by atoms with E-state index in [2.05, 4.69) is 21.9 Å². The number of aromatic amines is 1. The molecule has 1 fully saturated rings. The summed E-state index contributed by atoms with van der Waals surface area (Å²) in [6.45, 7) is 5.60. The number of H-pyrrole nitrogens is 1. The molecule has 0 amide bonds. The Kier molecular flexibility index (Phi) is 13.8. The number of carbonyl (C=O) groups excluding carboxylic acids is 2. The first-order valence-corrected chi connectivity index (χ1v) is 15.8. The molecule has 1 saturated heterocycles. The number of nitrogens with two attached hydrogens (primary N) is 2.